The molecule has 7 nitrogen and oxygen atoms in total. The molecule has 0 atom stereocenters. The van der Waals surface area contributed by atoms with Gasteiger partial charge in [-0.25, -0.2) is 0 Å². The Morgan fingerprint density at radius 1 is 0.529 bits per heavy atom. The summed E-state index contributed by atoms with van der Waals surface area (Å²) in [6, 6.07) is 21.4. The Morgan fingerprint density at radius 3 is 1.44 bits per heavy atom. The maximum atomic E-state index is 10.2. The molecule has 0 aliphatic heterocycles. The van der Waals surface area contributed by atoms with Crippen LogP contribution >= 0.6 is 0 Å². The lowest BCUT2D eigenvalue weighted by atomic mass is 10.2. The van der Waals surface area contributed by atoms with Crippen molar-refractivity contribution in [2.24, 2.45) is 0 Å². The first-order valence-corrected chi connectivity index (χ1v) is 11.5. The summed E-state index contributed by atoms with van der Waals surface area (Å²) in [5.74, 6) is 0.223. The normalized spacial score (nSPS) is 11.2. The van der Waals surface area contributed by atoms with E-state index in [2.05, 4.69) is 41.9 Å². The molecule has 0 aliphatic carbocycles. The number of nitrogens with zero attached hydrogens (tertiary/aromatic N) is 6. The van der Waals surface area contributed by atoms with Crippen LogP contribution in [0.1, 0.15) is 29.2 Å². The Hall–Kier alpha value is -3.68. The monoisotopic (exact) mass is 454 g/mol. The van der Waals surface area contributed by atoms with Gasteiger partial charge in [-0.1, -0.05) is 18.2 Å². The predicted octanol–water partition coefficient (Wildman–Crippen LogP) is 4.07. The van der Waals surface area contributed by atoms with Gasteiger partial charge in [0, 0.05) is 64.1 Å². The van der Waals surface area contributed by atoms with Crippen LogP contribution in [-0.2, 0) is 26.2 Å². The molecule has 1 N–H and O–H groups in total. The third-order valence-corrected chi connectivity index (χ3v) is 5.52. The molecule has 0 bridgehead atoms. The van der Waals surface area contributed by atoms with E-state index in [9.17, 15) is 5.11 Å². The Morgan fingerprint density at radius 2 is 1.00 bits per heavy atom. The van der Waals surface area contributed by atoms with Gasteiger partial charge in [0.15, 0.2) is 0 Å². The van der Waals surface area contributed by atoms with Crippen LogP contribution in [0.15, 0.2) is 91.5 Å². The average molecular weight is 455 g/mol. The highest BCUT2D eigenvalue weighted by molar-refractivity contribution is 5.24. The van der Waals surface area contributed by atoms with Crippen LogP contribution in [0.2, 0.25) is 0 Å². The first-order chi connectivity index (χ1) is 16.8. The zero-order valence-electron chi connectivity index (χ0n) is 19.2. The van der Waals surface area contributed by atoms with Gasteiger partial charge in [-0.15, -0.1) is 0 Å². The molecule has 0 spiro atoms. The summed E-state index contributed by atoms with van der Waals surface area (Å²) in [5.41, 5.74) is 3.76. The highest BCUT2D eigenvalue weighted by Crippen LogP contribution is 2.17. The van der Waals surface area contributed by atoms with Crippen LogP contribution in [-0.4, -0.2) is 47.9 Å². The van der Waals surface area contributed by atoms with Gasteiger partial charge in [0.05, 0.1) is 22.8 Å². The van der Waals surface area contributed by atoms with Crippen molar-refractivity contribution < 1.29 is 5.11 Å². The molecule has 0 unspecified atom stereocenters. The van der Waals surface area contributed by atoms with Gasteiger partial charge >= 0.3 is 0 Å². The Balaban J connectivity index is 1.42. The van der Waals surface area contributed by atoms with Crippen molar-refractivity contribution in [3.05, 3.63) is 114 Å². The van der Waals surface area contributed by atoms with Crippen LogP contribution in [0.5, 0.6) is 5.75 Å². The molecule has 0 aromatic carbocycles. The molecule has 0 radical (unpaired) electrons. The minimum Gasteiger partial charge on any atom is -0.506 e. The summed E-state index contributed by atoms with van der Waals surface area (Å²) < 4.78 is 0. The predicted molar refractivity (Wildman–Crippen MR) is 131 cm³/mol. The fourth-order valence-corrected chi connectivity index (χ4v) is 3.87. The molecule has 0 aliphatic rings. The highest BCUT2D eigenvalue weighted by Gasteiger charge is 2.14. The van der Waals surface area contributed by atoms with Crippen molar-refractivity contribution in [1.82, 2.24) is 29.7 Å². The molecule has 4 heterocycles. The molecule has 34 heavy (non-hydrogen) atoms. The van der Waals surface area contributed by atoms with Gasteiger partial charge in [0.1, 0.15) is 5.75 Å². The van der Waals surface area contributed by atoms with Crippen molar-refractivity contribution >= 4 is 0 Å². The summed E-state index contributed by atoms with van der Waals surface area (Å²) in [5, 5.41) is 10.2. The quantitative estimate of drug-likeness (QED) is 0.346. The lowest BCUT2D eigenvalue weighted by Crippen LogP contribution is -2.30. The van der Waals surface area contributed by atoms with Gasteiger partial charge in [-0.3, -0.25) is 29.7 Å². The van der Waals surface area contributed by atoms with Crippen LogP contribution in [0.25, 0.3) is 0 Å². The zero-order chi connectivity index (χ0) is 23.4. The standard InChI is InChI=1S/C27H30N6O/c34-27-12-7-16-31-26(27)22-33(21-25-11-3-6-15-30-25)18-8-17-32(19-23-9-1-4-13-28-23)20-24-10-2-5-14-29-24/h1-7,9-16,34H,8,17-22H2. The smallest absolute Gasteiger partial charge is 0.138 e. The molecule has 7 heteroatoms. The van der Waals surface area contributed by atoms with Crippen LogP contribution in [0.3, 0.4) is 0 Å². The van der Waals surface area contributed by atoms with E-state index in [1.165, 1.54) is 0 Å². The van der Waals surface area contributed by atoms with E-state index in [0.29, 0.717) is 18.8 Å². The minimum atomic E-state index is 0.223. The van der Waals surface area contributed by atoms with Crippen molar-refractivity contribution in [3.63, 3.8) is 0 Å². The number of aromatic hydroxyl groups is 1. The van der Waals surface area contributed by atoms with E-state index in [1.807, 2.05) is 61.1 Å². The lowest BCUT2D eigenvalue weighted by molar-refractivity contribution is 0.201. The lowest BCUT2D eigenvalue weighted by Gasteiger charge is -2.25. The molecule has 4 aromatic heterocycles. The molecular formula is C27H30N6O. The maximum Gasteiger partial charge on any atom is 0.138 e. The summed E-state index contributed by atoms with van der Waals surface area (Å²) >= 11 is 0. The van der Waals surface area contributed by atoms with E-state index in [1.54, 1.807) is 18.3 Å². The summed E-state index contributed by atoms with van der Waals surface area (Å²) in [7, 11) is 0. The topological polar surface area (TPSA) is 78.3 Å². The second kappa shape index (κ2) is 12.5. The molecule has 4 rings (SSSR count). The number of hydrogen-bond donors (Lipinski definition) is 1. The van der Waals surface area contributed by atoms with E-state index in [-0.39, 0.29) is 5.75 Å². The minimum absolute atomic E-state index is 0.223. The molecular weight excluding hydrogens is 424 g/mol. The fraction of sp³-hybridized carbons (Fsp3) is 0.259. The summed E-state index contributed by atoms with van der Waals surface area (Å²) in [6.07, 6.45) is 8.15. The van der Waals surface area contributed by atoms with Gasteiger partial charge in [-0.05, 0) is 55.0 Å². The number of pyridine rings is 4. The van der Waals surface area contributed by atoms with E-state index in [0.717, 1.165) is 49.7 Å². The van der Waals surface area contributed by atoms with Crippen LogP contribution in [0.4, 0.5) is 0 Å². The van der Waals surface area contributed by atoms with Crippen LogP contribution < -0.4 is 0 Å². The molecule has 174 valence electrons. The fourth-order valence-electron chi connectivity index (χ4n) is 3.87. The van der Waals surface area contributed by atoms with E-state index < -0.39 is 0 Å². The zero-order valence-corrected chi connectivity index (χ0v) is 19.2. The van der Waals surface area contributed by atoms with Gasteiger partial charge < -0.3 is 5.11 Å². The van der Waals surface area contributed by atoms with Crippen molar-refractivity contribution in [3.8, 4) is 5.75 Å². The second-order valence-electron chi connectivity index (χ2n) is 8.21. The first kappa shape index (κ1) is 23.5. The Kier molecular flexibility index (Phi) is 8.65. The molecule has 4 aromatic rings. The first-order valence-electron chi connectivity index (χ1n) is 11.5. The number of aromatic nitrogens is 4. The maximum absolute atomic E-state index is 10.2. The van der Waals surface area contributed by atoms with Gasteiger partial charge in [0.25, 0.3) is 0 Å². The summed E-state index contributed by atoms with van der Waals surface area (Å²) in [6.45, 7) is 4.51. The molecule has 0 saturated carbocycles. The van der Waals surface area contributed by atoms with Crippen LogP contribution in [0, 0.1) is 0 Å². The number of rotatable bonds is 12. The third kappa shape index (κ3) is 7.43. The Bertz CT molecular complexity index is 1070. The molecule has 0 saturated heterocycles. The largest absolute Gasteiger partial charge is 0.506 e. The second-order valence-corrected chi connectivity index (χ2v) is 8.21. The van der Waals surface area contributed by atoms with E-state index in [4.69, 9.17) is 0 Å². The number of hydrogen-bond acceptors (Lipinski definition) is 7. The third-order valence-electron chi connectivity index (χ3n) is 5.52. The summed E-state index contributed by atoms with van der Waals surface area (Å²) in [4.78, 5) is 22.5. The van der Waals surface area contributed by atoms with Gasteiger partial charge in [-0.2, -0.15) is 0 Å². The van der Waals surface area contributed by atoms with Gasteiger partial charge in [0.2, 0.25) is 0 Å². The molecule has 0 amide bonds. The molecule has 0 fully saturated rings. The highest BCUT2D eigenvalue weighted by atomic mass is 16.3. The SMILES string of the molecule is Oc1cccnc1CN(CCCN(Cc1ccccn1)Cc1ccccn1)Cc1ccccn1. The van der Waals surface area contributed by atoms with E-state index >= 15 is 0 Å². The van der Waals surface area contributed by atoms with Crippen molar-refractivity contribution in [2.75, 3.05) is 13.1 Å². The van der Waals surface area contributed by atoms with Crippen molar-refractivity contribution in [2.45, 2.75) is 32.6 Å². The Labute approximate surface area is 200 Å². The van der Waals surface area contributed by atoms with Crippen molar-refractivity contribution in [1.29, 1.82) is 0 Å². The average Bonchev–Trinajstić information content (AvgIpc) is 2.87.